The summed E-state index contributed by atoms with van der Waals surface area (Å²) in [6.07, 6.45) is 1.58. The largest absolute Gasteiger partial charge is 0.277 e. The van der Waals surface area contributed by atoms with Crippen LogP contribution in [-0.2, 0) is 4.79 Å². The number of thioether (sulfide) groups is 1. The highest BCUT2D eigenvalue weighted by atomic mass is 35.5. The van der Waals surface area contributed by atoms with Crippen LogP contribution in [0, 0.1) is 0 Å². The Morgan fingerprint density at radius 3 is 2.54 bits per heavy atom. The van der Waals surface area contributed by atoms with E-state index < -0.39 is 5.91 Å². The van der Waals surface area contributed by atoms with Crippen molar-refractivity contribution in [1.29, 1.82) is 0 Å². The zero-order valence-corrected chi connectivity index (χ0v) is 15.0. The fraction of sp³-hybridized carbons (Fsp3) is 0.0588. The number of carbonyl (C=O) groups is 2. The highest BCUT2D eigenvalue weighted by Gasteiger charge is 2.12. The number of para-hydroxylation sites is 1. The summed E-state index contributed by atoms with van der Waals surface area (Å²) in [7, 11) is 0. The molecule has 0 spiro atoms. The van der Waals surface area contributed by atoms with Crippen molar-refractivity contribution in [3.63, 3.8) is 0 Å². The molecule has 0 radical (unpaired) electrons. The lowest BCUT2D eigenvalue weighted by molar-refractivity contribution is -0.119. The molecule has 132 valence electrons. The van der Waals surface area contributed by atoms with Crippen LogP contribution < -0.4 is 10.9 Å². The molecule has 26 heavy (non-hydrogen) atoms. The number of carbonyl (C=O) groups excluding carboxylic acids is 2. The number of nitrogens with one attached hydrogen (secondary N) is 2. The lowest BCUT2D eigenvalue weighted by Crippen LogP contribution is -2.42. The molecule has 1 aromatic heterocycles. The summed E-state index contributed by atoms with van der Waals surface area (Å²) < 4.78 is 1.78. The van der Waals surface area contributed by atoms with Gasteiger partial charge in [-0.25, -0.2) is 0 Å². The number of rotatable bonds is 5. The van der Waals surface area contributed by atoms with Crippen LogP contribution in [0.1, 0.15) is 10.4 Å². The molecule has 2 amide bonds. The maximum Gasteiger partial charge on any atom is 0.271 e. The number of hydrogen-bond acceptors (Lipinski definition) is 5. The molecular formula is C17H14ClN5O2S. The van der Waals surface area contributed by atoms with Gasteiger partial charge in [-0.2, -0.15) is 0 Å². The van der Waals surface area contributed by atoms with Gasteiger partial charge in [0.2, 0.25) is 5.91 Å². The third kappa shape index (κ3) is 4.41. The second-order valence-electron chi connectivity index (χ2n) is 5.09. The van der Waals surface area contributed by atoms with E-state index in [1.54, 1.807) is 35.2 Å². The number of nitrogens with zero attached hydrogens (tertiary/aromatic N) is 3. The third-order valence-electron chi connectivity index (χ3n) is 3.32. The predicted octanol–water partition coefficient (Wildman–Crippen LogP) is 2.47. The number of amides is 2. The first-order chi connectivity index (χ1) is 12.6. The van der Waals surface area contributed by atoms with Gasteiger partial charge in [-0.1, -0.05) is 53.7 Å². The second kappa shape index (κ2) is 8.50. The van der Waals surface area contributed by atoms with Gasteiger partial charge in [0, 0.05) is 5.69 Å². The van der Waals surface area contributed by atoms with Crippen LogP contribution in [0.4, 0.5) is 0 Å². The van der Waals surface area contributed by atoms with E-state index in [0.29, 0.717) is 10.2 Å². The summed E-state index contributed by atoms with van der Waals surface area (Å²) in [4.78, 5) is 24.0. The Labute approximate surface area is 158 Å². The van der Waals surface area contributed by atoms with Crippen molar-refractivity contribution in [3.8, 4) is 5.69 Å². The first kappa shape index (κ1) is 18.0. The van der Waals surface area contributed by atoms with E-state index in [0.717, 1.165) is 5.69 Å². The molecule has 2 aromatic carbocycles. The van der Waals surface area contributed by atoms with E-state index in [4.69, 9.17) is 11.6 Å². The zero-order valence-electron chi connectivity index (χ0n) is 13.4. The maximum absolute atomic E-state index is 12.0. The van der Waals surface area contributed by atoms with Gasteiger partial charge in [-0.3, -0.25) is 25.0 Å². The Morgan fingerprint density at radius 1 is 1.04 bits per heavy atom. The molecule has 0 bridgehead atoms. The van der Waals surface area contributed by atoms with Crippen LogP contribution in [0.5, 0.6) is 0 Å². The minimum Gasteiger partial charge on any atom is -0.277 e. The quantitative estimate of drug-likeness (QED) is 0.518. The molecule has 0 saturated carbocycles. The molecule has 3 rings (SSSR count). The van der Waals surface area contributed by atoms with Crippen molar-refractivity contribution >= 4 is 35.2 Å². The monoisotopic (exact) mass is 387 g/mol. The predicted molar refractivity (Wildman–Crippen MR) is 99.1 cm³/mol. The Balaban J connectivity index is 1.53. The van der Waals surface area contributed by atoms with Gasteiger partial charge in [0.1, 0.15) is 6.33 Å². The van der Waals surface area contributed by atoms with Crippen molar-refractivity contribution < 1.29 is 9.59 Å². The van der Waals surface area contributed by atoms with E-state index >= 15 is 0 Å². The fourth-order valence-electron chi connectivity index (χ4n) is 2.09. The number of hydrogen-bond donors (Lipinski definition) is 2. The standard InChI is InChI=1S/C17H14ClN5O2S/c18-14-9-5-4-8-13(14)16(25)21-20-15(24)10-26-17-22-19-11-23(17)12-6-2-1-3-7-12/h1-9,11H,10H2,(H,20,24)(H,21,25). The van der Waals surface area contributed by atoms with Gasteiger partial charge < -0.3 is 0 Å². The van der Waals surface area contributed by atoms with E-state index in [1.165, 1.54) is 11.8 Å². The highest BCUT2D eigenvalue weighted by molar-refractivity contribution is 7.99. The minimum absolute atomic E-state index is 0.0638. The average Bonchev–Trinajstić information content (AvgIpc) is 3.14. The normalized spacial score (nSPS) is 10.3. The van der Waals surface area contributed by atoms with Gasteiger partial charge in [0.25, 0.3) is 5.91 Å². The summed E-state index contributed by atoms with van der Waals surface area (Å²) in [5.74, 6) is -0.798. The van der Waals surface area contributed by atoms with Crippen molar-refractivity contribution in [2.45, 2.75) is 5.16 Å². The van der Waals surface area contributed by atoms with E-state index in [2.05, 4.69) is 21.0 Å². The van der Waals surface area contributed by atoms with Crippen molar-refractivity contribution in [2.24, 2.45) is 0 Å². The molecule has 2 N–H and O–H groups in total. The highest BCUT2D eigenvalue weighted by Crippen LogP contribution is 2.19. The Morgan fingerprint density at radius 2 is 1.77 bits per heavy atom. The van der Waals surface area contributed by atoms with E-state index in [9.17, 15) is 9.59 Å². The van der Waals surface area contributed by atoms with Gasteiger partial charge in [-0.05, 0) is 24.3 Å². The van der Waals surface area contributed by atoms with Crippen LogP contribution in [0.3, 0.4) is 0 Å². The van der Waals surface area contributed by atoms with Gasteiger partial charge in [0.05, 0.1) is 16.3 Å². The molecule has 0 aliphatic rings. The second-order valence-corrected chi connectivity index (χ2v) is 6.44. The van der Waals surface area contributed by atoms with E-state index in [-0.39, 0.29) is 17.2 Å². The van der Waals surface area contributed by atoms with Crippen LogP contribution in [0.2, 0.25) is 5.02 Å². The van der Waals surface area contributed by atoms with Crippen molar-refractivity contribution in [3.05, 3.63) is 71.5 Å². The summed E-state index contributed by atoms with van der Waals surface area (Å²) in [5.41, 5.74) is 5.87. The molecular weight excluding hydrogens is 374 g/mol. The average molecular weight is 388 g/mol. The molecule has 0 unspecified atom stereocenters. The molecule has 9 heteroatoms. The molecule has 1 heterocycles. The summed E-state index contributed by atoms with van der Waals surface area (Å²) in [6, 6.07) is 16.1. The number of hydrazine groups is 1. The van der Waals surface area contributed by atoms with Crippen molar-refractivity contribution in [1.82, 2.24) is 25.6 Å². The minimum atomic E-state index is -0.485. The summed E-state index contributed by atoms with van der Waals surface area (Å²) in [6.45, 7) is 0. The maximum atomic E-state index is 12.0. The number of benzene rings is 2. The van der Waals surface area contributed by atoms with Crippen LogP contribution in [0.25, 0.3) is 5.69 Å². The van der Waals surface area contributed by atoms with Gasteiger partial charge in [0.15, 0.2) is 5.16 Å². The molecule has 0 fully saturated rings. The summed E-state index contributed by atoms with van der Waals surface area (Å²) >= 11 is 7.15. The Hall–Kier alpha value is -2.84. The third-order valence-corrected chi connectivity index (χ3v) is 4.59. The SMILES string of the molecule is O=C(CSc1nncn1-c1ccccc1)NNC(=O)c1ccccc1Cl. The molecule has 0 saturated heterocycles. The lowest BCUT2D eigenvalue weighted by atomic mass is 10.2. The molecule has 0 aliphatic carbocycles. The van der Waals surface area contributed by atoms with Crippen LogP contribution >= 0.6 is 23.4 Å². The fourth-order valence-corrected chi connectivity index (χ4v) is 3.04. The first-order valence-electron chi connectivity index (χ1n) is 7.57. The van der Waals surface area contributed by atoms with Crippen LogP contribution in [0.15, 0.2) is 66.1 Å². The Kier molecular flexibility index (Phi) is 5.88. The smallest absolute Gasteiger partial charge is 0.271 e. The zero-order chi connectivity index (χ0) is 18.4. The molecule has 3 aromatic rings. The molecule has 0 atom stereocenters. The molecule has 7 nitrogen and oxygen atoms in total. The van der Waals surface area contributed by atoms with E-state index in [1.807, 2.05) is 30.3 Å². The van der Waals surface area contributed by atoms with Gasteiger partial charge >= 0.3 is 0 Å². The topological polar surface area (TPSA) is 88.9 Å². The molecule has 0 aliphatic heterocycles. The van der Waals surface area contributed by atoms with Gasteiger partial charge in [-0.15, -0.1) is 10.2 Å². The van der Waals surface area contributed by atoms with Crippen molar-refractivity contribution in [2.75, 3.05) is 5.75 Å². The summed E-state index contributed by atoms with van der Waals surface area (Å²) in [5, 5.41) is 8.77. The lowest BCUT2D eigenvalue weighted by Gasteiger charge is -2.09. The number of aromatic nitrogens is 3. The van der Waals surface area contributed by atoms with Crippen LogP contribution in [-0.4, -0.2) is 32.3 Å². The first-order valence-corrected chi connectivity index (χ1v) is 8.93. The number of halogens is 1. The Bertz CT molecular complexity index is 916.